The first kappa shape index (κ1) is 33.0. The molecule has 58 heavy (non-hydrogen) atoms. The van der Waals surface area contributed by atoms with Crippen molar-refractivity contribution in [1.29, 1.82) is 0 Å². The number of rotatable bonds is 4. The standard InChI is InChI=1S/C56H40N2/c1-56(2,3)39-14-12-13-37(31-39)42-27-23-35-26-30-49-43(28-24-36-25-29-48(42)54(35)55(36)49)38-32-40(57-50-19-8-4-15-44(50)45-16-5-9-20-51(45)57)34-41(33-38)58-52-21-10-6-17-46(52)47-18-7-11-22-53(47)58/h4-34H,1-3H3. The zero-order valence-electron chi connectivity index (χ0n) is 32.8. The Labute approximate surface area is 337 Å². The molecule has 0 aliphatic heterocycles. The second-order valence-electron chi connectivity index (χ2n) is 17.0. The van der Waals surface area contributed by atoms with E-state index in [1.54, 1.807) is 0 Å². The minimum atomic E-state index is 0.0700. The van der Waals surface area contributed by atoms with Crippen LogP contribution in [-0.4, -0.2) is 9.13 Å². The zero-order chi connectivity index (χ0) is 38.7. The molecular formula is C56H40N2. The summed E-state index contributed by atoms with van der Waals surface area (Å²) in [7, 11) is 0. The van der Waals surface area contributed by atoms with E-state index >= 15 is 0 Å². The number of para-hydroxylation sites is 4. The van der Waals surface area contributed by atoms with Crippen molar-refractivity contribution in [1.82, 2.24) is 9.13 Å². The Hall–Kier alpha value is -7.16. The largest absolute Gasteiger partial charge is 0.309 e. The van der Waals surface area contributed by atoms with E-state index in [9.17, 15) is 0 Å². The summed E-state index contributed by atoms with van der Waals surface area (Å²) in [6.45, 7) is 6.88. The predicted molar refractivity (Wildman–Crippen MR) is 248 cm³/mol. The lowest BCUT2D eigenvalue weighted by Crippen LogP contribution is -2.10. The maximum Gasteiger partial charge on any atom is 0.0541 e. The van der Waals surface area contributed by atoms with E-state index < -0.39 is 0 Å². The number of aromatic nitrogens is 2. The van der Waals surface area contributed by atoms with E-state index in [0.29, 0.717) is 0 Å². The van der Waals surface area contributed by atoms with Crippen molar-refractivity contribution < 1.29 is 0 Å². The van der Waals surface area contributed by atoms with Crippen molar-refractivity contribution in [2.24, 2.45) is 0 Å². The molecule has 2 aromatic heterocycles. The molecule has 12 aromatic rings. The van der Waals surface area contributed by atoms with Gasteiger partial charge in [0.05, 0.1) is 22.1 Å². The first-order valence-electron chi connectivity index (χ1n) is 20.3. The highest BCUT2D eigenvalue weighted by molar-refractivity contribution is 6.27. The van der Waals surface area contributed by atoms with Crippen LogP contribution >= 0.6 is 0 Å². The molecule has 0 fully saturated rings. The van der Waals surface area contributed by atoms with E-state index in [-0.39, 0.29) is 5.41 Å². The predicted octanol–water partition coefficient (Wildman–Crippen LogP) is 15.4. The van der Waals surface area contributed by atoms with E-state index in [2.05, 4.69) is 218 Å². The molecule has 0 aliphatic rings. The highest BCUT2D eigenvalue weighted by atomic mass is 15.0. The van der Waals surface area contributed by atoms with Crippen LogP contribution in [0, 0.1) is 0 Å². The molecule has 0 radical (unpaired) electrons. The van der Waals surface area contributed by atoms with Crippen molar-refractivity contribution in [3.05, 3.63) is 194 Å². The number of nitrogens with zero attached hydrogens (tertiary/aromatic N) is 2. The minimum absolute atomic E-state index is 0.0700. The molecule has 0 N–H and O–H groups in total. The monoisotopic (exact) mass is 740 g/mol. The Morgan fingerprint density at radius 3 is 1.19 bits per heavy atom. The highest BCUT2D eigenvalue weighted by Gasteiger charge is 2.21. The third kappa shape index (κ3) is 4.79. The van der Waals surface area contributed by atoms with E-state index in [1.165, 1.54) is 104 Å². The van der Waals surface area contributed by atoms with Crippen LogP contribution in [0.25, 0.3) is 110 Å². The van der Waals surface area contributed by atoms with Gasteiger partial charge in [-0.3, -0.25) is 0 Å². The number of hydrogen-bond donors (Lipinski definition) is 0. The second-order valence-corrected chi connectivity index (χ2v) is 17.0. The Morgan fingerprint density at radius 1 is 0.328 bits per heavy atom. The average Bonchev–Trinajstić information content (AvgIpc) is 3.78. The Balaban J connectivity index is 1.16. The SMILES string of the molecule is CC(C)(C)c1cccc(-c2ccc3ccc4c(-c5cc(-n6c7ccccc7c7ccccc76)cc(-n6c7ccccc7c7ccccc76)c5)ccc5ccc2c3c54)c1. The Morgan fingerprint density at radius 2 is 0.741 bits per heavy atom. The van der Waals surface area contributed by atoms with Crippen LogP contribution in [0.1, 0.15) is 26.3 Å². The molecule has 12 rings (SSSR count). The summed E-state index contributed by atoms with van der Waals surface area (Å²) in [5.41, 5.74) is 13.5. The quantitative estimate of drug-likeness (QED) is 0.159. The maximum atomic E-state index is 2.46. The van der Waals surface area contributed by atoms with Gasteiger partial charge in [-0.2, -0.15) is 0 Å². The molecular weight excluding hydrogens is 701 g/mol. The van der Waals surface area contributed by atoms with Gasteiger partial charge in [0.2, 0.25) is 0 Å². The van der Waals surface area contributed by atoms with Gasteiger partial charge in [-0.1, -0.05) is 166 Å². The van der Waals surface area contributed by atoms with Gasteiger partial charge in [-0.25, -0.2) is 0 Å². The molecule has 0 saturated carbocycles. The summed E-state index contributed by atoms with van der Waals surface area (Å²) in [5.74, 6) is 0. The van der Waals surface area contributed by atoms with Gasteiger partial charge in [-0.15, -0.1) is 0 Å². The van der Waals surface area contributed by atoms with Gasteiger partial charge in [0.15, 0.2) is 0 Å². The fraction of sp³-hybridized carbons (Fsp3) is 0.0714. The van der Waals surface area contributed by atoms with Gasteiger partial charge < -0.3 is 9.13 Å². The average molecular weight is 741 g/mol. The van der Waals surface area contributed by atoms with E-state index in [1.807, 2.05) is 0 Å². The van der Waals surface area contributed by atoms with Gasteiger partial charge >= 0.3 is 0 Å². The minimum Gasteiger partial charge on any atom is -0.309 e. The molecule has 274 valence electrons. The summed E-state index contributed by atoms with van der Waals surface area (Å²) >= 11 is 0. The van der Waals surface area contributed by atoms with Crippen LogP contribution in [0.3, 0.4) is 0 Å². The molecule has 10 aromatic carbocycles. The number of hydrogen-bond acceptors (Lipinski definition) is 0. The van der Waals surface area contributed by atoms with Crippen molar-refractivity contribution >= 4 is 75.9 Å². The third-order valence-corrected chi connectivity index (χ3v) is 12.6. The van der Waals surface area contributed by atoms with Crippen LogP contribution < -0.4 is 0 Å². The normalized spacial score (nSPS) is 12.4. The lowest BCUT2D eigenvalue weighted by atomic mass is 9.84. The molecule has 0 unspecified atom stereocenters. The van der Waals surface area contributed by atoms with Crippen molar-refractivity contribution in [2.75, 3.05) is 0 Å². The Kier molecular flexibility index (Phi) is 6.93. The molecule has 0 bridgehead atoms. The lowest BCUT2D eigenvalue weighted by molar-refractivity contribution is 0.590. The van der Waals surface area contributed by atoms with Crippen LogP contribution in [0.15, 0.2) is 188 Å². The van der Waals surface area contributed by atoms with E-state index in [4.69, 9.17) is 0 Å². The van der Waals surface area contributed by atoms with Crippen molar-refractivity contribution in [2.45, 2.75) is 26.2 Å². The Bertz CT molecular complexity index is 3370. The topological polar surface area (TPSA) is 9.86 Å². The first-order valence-corrected chi connectivity index (χ1v) is 20.3. The molecule has 2 heteroatoms. The van der Waals surface area contributed by atoms with E-state index in [0.717, 1.165) is 11.4 Å². The molecule has 0 atom stereocenters. The molecule has 2 nitrogen and oxygen atoms in total. The van der Waals surface area contributed by atoms with Gasteiger partial charge in [0.25, 0.3) is 0 Å². The fourth-order valence-electron chi connectivity index (χ4n) is 9.87. The van der Waals surface area contributed by atoms with Gasteiger partial charge in [-0.05, 0) is 108 Å². The lowest BCUT2D eigenvalue weighted by Gasteiger charge is -2.21. The summed E-state index contributed by atoms with van der Waals surface area (Å²) in [6.07, 6.45) is 0. The number of benzene rings is 10. The second kappa shape index (κ2) is 12.2. The van der Waals surface area contributed by atoms with Crippen LogP contribution in [0.2, 0.25) is 0 Å². The molecule has 2 heterocycles. The first-order chi connectivity index (χ1) is 28.4. The maximum absolute atomic E-state index is 2.46. The summed E-state index contributed by atoms with van der Waals surface area (Å²) < 4.78 is 4.92. The van der Waals surface area contributed by atoms with Crippen LogP contribution in [-0.2, 0) is 5.41 Å². The molecule has 0 amide bonds. The molecule has 0 saturated heterocycles. The zero-order valence-corrected chi connectivity index (χ0v) is 32.8. The summed E-state index contributed by atoms with van der Waals surface area (Å²) in [6, 6.07) is 70.2. The number of fused-ring (bicyclic) bond motifs is 6. The highest BCUT2D eigenvalue weighted by Crippen LogP contribution is 2.44. The third-order valence-electron chi connectivity index (χ3n) is 12.6. The van der Waals surface area contributed by atoms with Crippen LogP contribution in [0.5, 0.6) is 0 Å². The molecule has 0 spiro atoms. The van der Waals surface area contributed by atoms with Crippen LogP contribution in [0.4, 0.5) is 0 Å². The smallest absolute Gasteiger partial charge is 0.0541 e. The summed E-state index contributed by atoms with van der Waals surface area (Å²) in [5, 5.41) is 12.8. The van der Waals surface area contributed by atoms with Gasteiger partial charge in [0.1, 0.15) is 0 Å². The van der Waals surface area contributed by atoms with Crippen molar-refractivity contribution in [3.8, 4) is 33.6 Å². The van der Waals surface area contributed by atoms with Gasteiger partial charge in [0, 0.05) is 32.9 Å². The fourth-order valence-corrected chi connectivity index (χ4v) is 9.87. The molecule has 0 aliphatic carbocycles. The summed E-state index contributed by atoms with van der Waals surface area (Å²) in [4.78, 5) is 0. The van der Waals surface area contributed by atoms with Crippen molar-refractivity contribution in [3.63, 3.8) is 0 Å².